The molecular weight excluding hydrogens is 309 g/mol. The summed E-state index contributed by atoms with van der Waals surface area (Å²) in [5, 5.41) is 1.13. The van der Waals surface area contributed by atoms with Crippen LogP contribution < -0.4 is 4.90 Å². The fourth-order valence-electron chi connectivity index (χ4n) is 1.42. The summed E-state index contributed by atoms with van der Waals surface area (Å²) in [4.78, 5) is 11.7. The number of rotatable bonds is 4. The van der Waals surface area contributed by atoms with E-state index in [1.165, 1.54) is 16.6 Å². The Kier molecular flexibility index (Phi) is 4.72. The van der Waals surface area contributed by atoms with Crippen molar-refractivity contribution in [2.75, 3.05) is 18.2 Å². The molecule has 0 saturated heterocycles. The lowest BCUT2D eigenvalue weighted by atomic mass is 10.4. The van der Waals surface area contributed by atoms with Crippen LogP contribution in [0.3, 0.4) is 0 Å². The van der Waals surface area contributed by atoms with E-state index in [0.717, 1.165) is 16.7 Å². The van der Waals surface area contributed by atoms with Crippen LogP contribution in [0.1, 0.15) is 4.88 Å². The van der Waals surface area contributed by atoms with Gasteiger partial charge in [0.2, 0.25) is 0 Å². The molecule has 2 aromatic rings. The SMILES string of the molecule is CSc1nc(Cl)cc(N(C)Cc2ccc(Cl)s2)n1. The molecule has 0 aliphatic rings. The Morgan fingerprint density at radius 1 is 1.33 bits per heavy atom. The Labute approximate surface area is 124 Å². The quantitative estimate of drug-likeness (QED) is 0.479. The van der Waals surface area contributed by atoms with Crippen LogP contribution in [0.4, 0.5) is 5.82 Å². The molecule has 0 unspecified atom stereocenters. The summed E-state index contributed by atoms with van der Waals surface area (Å²) in [6.45, 7) is 0.749. The first kappa shape index (κ1) is 13.9. The zero-order chi connectivity index (χ0) is 13.1. The fraction of sp³-hybridized carbons (Fsp3) is 0.273. The van der Waals surface area contributed by atoms with Gasteiger partial charge >= 0.3 is 0 Å². The number of halogens is 2. The van der Waals surface area contributed by atoms with Crippen LogP contribution in [0, 0.1) is 0 Å². The molecule has 0 fully saturated rings. The highest BCUT2D eigenvalue weighted by Gasteiger charge is 2.09. The number of thioether (sulfide) groups is 1. The van der Waals surface area contributed by atoms with Crippen LogP contribution in [0.5, 0.6) is 0 Å². The fourth-order valence-corrected chi connectivity index (χ4v) is 3.17. The first-order valence-electron chi connectivity index (χ1n) is 5.12. The predicted molar refractivity (Wildman–Crippen MR) is 80.3 cm³/mol. The standard InChI is InChI=1S/C11H11Cl2N3S2/c1-16(6-7-3-4-9(13)18-7)10-5-8(12)14-11(15-10)17-2/h3-5H,6H2,1-2H3. The second-order valence-electron chi connectivity index (χ2n) is 3.60. The Hall–Kier alpha value is -0.490. The molecular formula is C11H11Cl2N3S2. The molecule has 0 N–H and O–H groups in total. The minimum absolute atomic E-state index is 0.459. The van der Waals surface area contributed by atoms with Gasteiger partial charge in [0, 0.05) is 18.0 Å². The molecule has 0 aliphatic heterocycles. The summed E-state index contributed by atoms with van der Waals surface area (Å²) in [5.41, 5.74) is 0. The lowest BCUT2D eigenvalue weighted by Gasteiger charge is -2.17. The van der Waals surface area contributed by atoms with Crippen molar-refractivity contribution in [3.05, 3.63) is 32.6 Å². The highest BCUT2D eigenvalue weighted by Crippen LogP contribution is 2.25. The molecule has 18 heavy (non-hydrogen) atoms. The summed E-state index contributed by atoms with van der Waals surface area (Å²) >= 11 is 14.9. The van der Waals surface area contributed by atoms with Crippen molar-refractivity contribution < 1.29 is 0 Å². The van der Waals surface area contributed by atoms with E-state index in [9.17, 15) is 0 Å². The van der Waals surface area contributed by atoms with E-state index in [2.05, 4.69) is 9.97 Å². The predicted octanol–water partition coefficient (Wildman–Crippen LogP) is 4.20. The maximum absolute atomic E-state index is 5.97. The van der Waals surface area contributed by atoms with E-state index in [1.807, 2.05) is 30.3 Å². The summed E-state index contributed by atoms with van der Waals surface area (Å²) in [6, 6.07) is 5.67. The lowest BCUT2D eigenvalue weighted by molar-refractivity contribution is 0.865. The third-order valence-electron chi connectivity index (χ3n) is 2.26. The maximum Gasteiger partial charge on any atom is 0.190 e. The van der Waals surface area contributed by atoms with Crippen molar-refractivity contribution >= 4 is 52.1 Å². The lowest BCUT2D eigenvalue weighted by Crippen LogP contribution is -2.17. The molecule has 0 amide bonds. The van der Waals surface area contributed by atoms with Gasteiger partial charge in [0.05, 0.1) is 10.9 Å². The van der Waals surface area contributed by atoms with Crippen molar-refractivity contribution in [1.29, 1.82) is 0 Å². The van der Waals surface area contributed by atoms with E-state index >= 15 is 0 Å². The van der Waals surface area contributed by atoms with E-state index in [-0.39, 0.29) is 0 Å². The molecule has 2 aromatic heterocycles. The van der Waals surface area contributed by atoms with Crippen LogP contribution in [0.2, 0.25) is 9.49 Å². The maximum atomic E-state index is 5.97. The van der Waals surface area contributed by atoms with E-state index in [1.54, 1.807) is 17.4 Å². The molecule has 2 rings (SSSR count). The second-order valence-corrected chi connectivity index (χ2v) is 6.56. The molecule has 2 heterocycles. The van der Waals surface area contributed by atoms with Gasteiger partial charge in [-0.25, -0.2) is 9.97 Å². The molecule has 0 aromatic carbocycles. The molecule has 7 heteroatoms. The van der Waals surface area contributed by atoms with Crippen molar-refractivity contribution in [3.8, 4) is 0 Å². The number of aromatic nitrogens is 2. The largest absolute Gasteiger partial charge is 0.354 e. The minimum Gasteiger partial charge on any atom is -0.354 e. The van der Waals surface area contributed by atoms with Gasteiger partial charge in [0.15, 0.2) is 5.16 Å². The normalized spacial score (nSPS) is 10.7. The van der Waals surface area contributed by atoms with Crippen LogP contribution >= 0.6 is 46.3 Å². The molecule has 0 radical (unpaired) electrons. The van der Waals surface area contributed by atoms with Gasteiger partial charge in [-0.05, 0) is 18.4 Å². The summed E-state index contributed by atoms with van der Waals surface area (Å²) < 4.78 is 0.795. The van der Waals surface area contributed by atoms with Crippen LogP contribution in [-0.4, -0.2) is 23.3 Å². The summed E-state index contributed by atoms with van der Waals surface area (Å²) in [7, 11) is 1.97. The third-order valence-corrected chi connectivity index (χ3v) is 4.21. The second kappa shape index (κ2) is 6.10. The number of anilines is 1. The zero-order valence-electron chi connectivity index (χ0n) is 9.85. The summed E-state index contributed by atoms with van der Waals surface area (Å²) in [5.74, 6) is 0.809. The topological polar surface area (TPSA) is 29.0 Å². The average molecular weight is 320 g/mol. The molecule has 0 spiro atoms. The van der Waals surface area contributed by atoms with Crippen LogP contribution in [0.25, 0.3) is 0 Å². The van der Waals surface area contributed by atoms with Gasteiger partial charge in [-0.1, -0.05) is 35.0 Å². The van der Waals surface area contributed by atoms with Crippen molar-refractivity contribution in [3.63, 3.8) is 0 Å². The van der Waals surface area contributed by atoms with Gasteiger partial charge in [0.1, 0.15) is 11.0 Å². The third kappa shape index (κ3) is 3.51. The molecule has 3 nitrogen and oxygen atoms in total. The first-order valence-corrected chi connectivity index (χ1v) is 7.92. The molecule has 0 bridgehead atoms. The van der Waals surface area contributed by atoms with E-state index < -0.39 is 0 Å². The molecule has 0 atom stereocenters. The van der Waals surface area contributed by atoms with Gasteiger partial charge < -0.3 is 4.90 Å². The highest BCUT2D eigenvalue weighted by molar-refractivity contribution is 7.98. The average Bonchev–Trinajstić information content (AvgIpc) is 2.73. The zero-order valence-corrected chi connectivity index (χ0v) is 13.0. The van der Waals surface area contributed by atoms with E-state index in [4.69, 9.17) is 23.2 Å². The van der Waals surface area contributed by atoms with E-state index in [0.29, 0.717) is 10.3 Å². The van der Waals surface area contributed by atoms with Crippen molar-refractivity contribution in [1.82, 2.24) is 9.97 Å². The smallest absolute Gasteiger partial charge is 0.190 e. The Balaban J connectivity index is 2.17. The first-order chi connectivity index (χ1) is 8.58. The van der Waals surface area contributed by atoms with Gasteiger partial charge in [0.25, 0.3) is 0 Å². The number of thiophene rings is 1. The Morgan fingerprint density at radius 3 is 2.72 bits per heavy atom. The molecule has 0 saturated carbocycles. The molecule has 96 valence electrons. The Morgan fingerprint density at radius 2 is 2.11 bits per heavy atom. The molecule has 0 aliphatic carbocycles. The summed E-state index contributed by atoms with van der Waals surface area (Å²) in [6.07, 6.45) is 1.93. The van der Waals surface area contributed by atoms with Crippen LogP contribution in [0.15, 0.2) is 23.4 Å². The minimum atomic E-state index is 0.459. The van der Waals surface area contributed by atoms with Gasteiger partial charge in [-0.2, -0.15) is 0 Å². The highest BCUT2D eigenvalue weighted by atomic mass is 35.5. The Bertz CT molecular complexity index is 545. The number of hydrogen-bond acceptors (Lipinski definition) is 5. The van der Waals surface area contributed by atoms with Gasteiger partial charge in [-0.3, -0.25) is 0 Å². The number of hydrogen-bond donors (Lipinski definition) is 0. The van der Waals surface area contributed by atoms with Crippen LogP contribution in [-0.2, 0) is 6.54 Å². The van der Waals surface area contributed by atoms with Crippen molar-refractivity contribution in [2.45, 2.75) is 11.7 Å². The monoisotopic (exact) mass is 319 g/mol. The van der Waals surface area contributed by atoms with Crippen molar-refractivity contribution in [2.24, 2.45) is 0 Å². The van der Waals surface area contributed by atoms with Gasteiger partial charge in [-0.15, -0.1) is 11.3 Å². The number of nitrogens with zero attached hydrogens (tertiary/aromatic N) is 3.